The van der Waals surface area contributed by atoms with Crippen LogP contribution in [0.3, 0.4) is 0 Å². The Bertz CT molecular complexity index is 603. The Morgan fingerprint density at radius 1 is 0.692 bits per heavy atom. The number of aromatic nitrogens is 2. The molecule has 26 heavy (non-hydrogen) atoms. The van der Waals surface area contributed by atoms with E-state index in [1.165, 1.54) is 0 Å². The Hall–Kier alpha value is -2.76. The Morgan fingerprint density at radius 2 is 1.08 bits per heavy atom. The van der Waals surface area contributed by atoms with Crippen LogP contribution in [0, 0.1) is 0 Å². The highest BCUT2D eigenvalue weighted by molar-refractivity contribution is 5.77. The van der Waals surface area contributed by atoms with E-state index in [1.54, 1.807) is 24.8 Å². The minimum Gasteiger partial charge on any atom is -0.466 e. The van der Waals surface area contributed by atoms with Gasteiger partial charge in [-0.15, -0.1) is 0 Å². The molecule has 2 heterocycles. The molecule has 0 radical (unpaired) electrons. The zero-order chi connectivity index (χ0) is 18.5. The molecule has 6 heteroatoms. The molecule has 6 nitrogen and oxygen atoms in total. The average molecular weight is 356 g/mol. The van der Waals surface area contributed by atoms with Crippen molar-refractivity contribution in [2.45, 2.75) is 38.5 Å². The van der Waals surface area contributed by atoms with Gasteiger partial charge >= 0.3 is 11.9 Å². The number of hydrogen-bond donors (Lipinski definition) is 0. The zero-order valence-electron chi connectivity index (χ0n) is 14.8. The van der Waals surface area contributed by atoms with Gasteiger partial charge in [0.25, 0.3) is 0 Å². The monoisotopic (exact) mass is 356 g/mol. The minimum absolute atomic E-state index is 0.0540. The molecule has 2 rings (SSSR count). The van der Waals surface area contributed by atoms with Crippen LogP contribution in [0.5, 0.6) is 0 Å². The number of pyridine rings is 2. The molecule has 0 spiro atoms. The molecule has 0 aliphatic carbocycles. The predicted molar refractivity (Wildman–Crippen MR) is 96.3 cm³/mol. The van der Waals surface area contributed by atoms with E-state index in [4.69, 9.17) is 9.47 Å². The SMILES string of the molecule is O=C(CCC(=O)OCCCc1ccncc1)OCCCc1ccncc1. The van der Waals surface area contributed by atoms with Gasteiger partial charge < -0.3 is 9.47 Å². The van der Waals surface area contributed by atoms with Crippen molar-refractivity contribution in [2.24, 2.45) is 0 Å². The maximum absolute atomic E-state index is 11.6. The molecule has 138 valence electrons. The summed E-state index contributed by atoms with van der Waals surface area (Å²) < 4.78 is 10.3. The summed E-state index contributed by atoms with van der Waals surface area (Å²) in [5.74, 6) is -0.734. The quantitative estimate of drug-likeness (QED) is 0.455. The summed E-state index contributed by atoms with van der Waals surface area (Å²) >= 11 is 0. The summed E-state index contributed by atoms with van der Waals surface area (Å²) in [5, 5.41) is 0. The maximum Gasteiger partial charge on any atom is 0.306 e. The first kappa shape index (κ1) is 19.6. The molecule has 0 unspecified atom stereocenters. The van der Waals surface area contributed by atoms with E-state index in [2.05, 4.69) is 9.97 Å². The fourth-order valence-corrected chi connectivity index (χ4v) is 2.37. The molecule has 0 atom stereocenters. The summed E-state index contributed by atoms with van der Waals surface area (Å²) in [6, 6.07) is 7.75. The van der Waals surface area contributed by atoms with E-state index in [-0.39, 0.29) is 24.8 Å². The van der Waals surface area contributed by atoms with Crippen LogP contribution >= 0.6 is 0 Å². The first-order valence-corrected chi connectivity index (χ1v) is 8.83. The number of esters is 2. The molecule has 0 bridgehead atoms. The minimum atomic E-state index is -0.367. The molecular formula is C20H24N2O4. The van der Waals surface area contributed by atoms with Crippen LogP contribution in [0.2, 0.25) is 0 Å². The first-order valence-electron chi connectivity index (χ1n) is 8.83. The van der Waals surface area contributed by atoms with Crippen molar-refractivity contribution in [1.29, 1.82) is 0 Å². The molecule has 2 aromatic heterocycles. The van der Waals surface area contributed by atoms with Gasteiger partial charge in [0, 0.05) is 24.8 Å². The number of carbonyl (C=O) groups is 2. The van der Waals surface area contributed by atoms with Gasteiger partial charge in [0.15, 0.2) is 0 Å². The van der Waals surface area contributed by atoms with Gasteiger partial charge in [-0.05, 0) is 61.1 Å². The lowest BCUT2D eigenvalue weighted by molar-refractivity contribution is -0.150. The van der Waals surface area contributed by atoms with Gasteiger partial charge in [0.1, 0.15) is 0 Å². The van der Waals surface area contributed by atoms with Crippen LogP contribution in [-0.2, 0) is 31.9 Å². The van der Waals surface area contributed by atoms with Gasteiger partial charge in [0.05, 0.1) is 26.1 Å². The largest absolute Gasteiger partial charge is 0.466 e. The van der Waals surface area contributed by atoms with Crippen LogP contribution in [0.4, 0.5) is 0 Å². The summed E-state index contributed by atoms with van der Waals surface area (Å²) in [7, 11) is 0. The molecule has 0 aliphatic rings. The van der Waals surface area contributed by atoms with E-state index >= 15 is 0 Å². The molecule has 2 aromatic rings. The van der Waals surface area contributed by atoms with E-state index in [0.29, 0.717) is 13.2 Å². The van der Waals surface area contributed by atoms with Crippen molar-refractivity contribution in [3.8, 4) is 0 Å². The smallest absolute Gasteiger partial charge is 0.306 e. The third kappa shape index (κ3) is 8.37. The standard InChI is InChI=1S/C20H24N2O4/c23-19(25-15-1-3-17-7-11-21-12-8-17)5-6-20(24)26-16-2-4-18-9-13-22-14-10-18/h7-14H,1-6,15-16H2. The Morgan fingerprint density at radius 3 is 1.46 bits per heavy atom. The van der Waals surface area contributed by atoms with Crippen molar-refractivity contribution in [1.82, 2.24) is 9.97 Å². The average Bonchev–Trinajstić information content (AvgIpc) is 2.68. The van der Waals surface area contributed by atoms with Crippen LogP contribution in [0.25, 0.3) is 0 Å². The summed E-state index contributed by atoms with van der Waals surface area (Å²) in [6.07, 6.45) is 10.2. The molecule has 0 amide bonds. The maximum atomic E-state index is 11.6. The van der Waals surface area contributed by atoms with E-state index in [9.17, 15) is 9.59 Å². The second-order valence-electron chi connectivity index (χ2n) is 5.86. The Labute approximate surface area is 153 Å². The number of nitrogens with zero attached hydrogens (tertiary/aromatic N) is 2. The van der Waals surface area contributed by atoms with Gasteiger partial charge in [-0.2, -0.15) is 0 Å². The van der Waals surface area contributed by atoms with E-state index in [0.717, 1.165) is 36.8 Å². The van der Waals surface area contributed by atoms with Crippen LogP contribution < -0.4 is 0 Å². The van der Waals surface area contributed by atoms with Crippen LogP contribution in [0.15, 0.2) is 49.1 Å². The number of aryl methyl sites for hydroxylation is 2. The number of carbonyl (C=O) groups excluding carboxylic acids is 2. The molecule has 0 N–H and O–H groups in total. The van der Waals surface area contributed by atoms with Crippen molar-refractivity contribution in [3.63, 3.8) is 0 Å². The Balaban J connectivity index is 1.47. The summed E-state index contributed by atoms with van der Waals surface area (Å²) in [5.41, 5.74) is 2.32. The molecule has 0 aromatic carbocycles. The molecule has 0 saturated carbocycles. The topological polar surface area (TPSA) is 78.4 Å². The number of rotatable bonds is 11. The van der Waals surface area contributed by atoms with E-state index in [1.807, 2.05) is 24.3 Å². The third-order valence-corrected chi connectivity index (χ3v) is 3.78. The fourth-order valence-electron chi connectivity index (χ4n) is 2.37. The second-order valence-corrected chi connectivity index (χ2v) is 5.86. The second kappa shape index (κ2) is 11.7. The highest BCUT2D eigenvalue weighted by atomic mass is 16.5. The summed E-state index contributed by atoms with van der Waals surface area (Å²) in [6.45, 7) is 0.699. The van der Waals surface area contributed by atoms with Crippen molar-refractivity contribution in [3.05, 3.63) is 60.2 Å². The Kier molecular flexibility index (Phi) is 8.83. The highest BCUT2D eigenvalue weighted by Gasteiger charge is 2.09. The lowest BCUT2D eigenvalue weighted by atomic mass is 10.1. The van der Waals surface area contributed by atoms with Gasteiger partial charge in [-0.1, -0.05) is 0 Å². The van der Waals surface area contributed by atoms with Gasteiger partial charge in [-0.3, -0.25) is 19.6 Å². The van der Waals surface area contributed by atoms with Gasteiger partial charge in [-0.25, -0.2) is 0 Å². The lowest BCUT2D eigenvalue weighted by Gasteiger charge is -2.06. The van der Waals surface area contributed by atoms with Crippen molar-refractivity contribution in [2.75, 3.05) is 13.2 Å². The highest BCUT2D eigenvalue weighted by Crippen LogP contribution is 2.04. The predicted octanol–water partition coefficient (Wildman–Crippen LogP) is 2.91. The molecule has 0 fully saturated rings. The summed E-state index contributed by atoms with van der Waals surface area (Å²) in [4.78, 5) is 31.2. The van der Waals surface area contributed by atoms with Crippen molar-refractivity contribution >= 4 is 11.9 Å². The normalized spacial score (nSPS) is 10.3. The first-order chi connectivity index (χ1) is 12.7. The van der Waals surface area contributed by atoms with Crippen LogP contribution in [0.1, 0.15) is 36.8 Å². The lowest BCUT2D eigenvalue weighted by Crippen LogP contribution is -2.12. The zero-order valence-corrected chi connectivity index (χ0v) is 14.8. The molecular weight excluding hydrogens is 332 g/mol. The van der Waals surface area contributed by atoms with Gasteiger partial charge in [0.2, 0.25) is 0 Å². The fraction of sp³-hybridized carbons (Fsp3) is 0.400. The van der Waals surface area contributed by atoms with Crippen molar-refractivity contribution < 1.29 is 19.1 Å². The van der Waals surface area contributed by atoms with E-state index < -0.39 is 0 Å². The number of hydrogen-bond acceptors (Lipinski definition) is 6. The molecule has 0 saturated heterocycles. The number of ether oxygens (including phenoxy) is 2. The van der Waals surface area contributed by atoms with Crippen LogP contribution in [-0.4, -0.2) is 35.1 Å². The third-order valence-electron chi connectivity index (χ3n) is 3.78. The molecule has 0 aliphatic heterocycles.